The Hall–Kier alpha value is -1.92. The molecule has 1 fully saturated rings. The molecule has 1 aliphatic rings. The molecule has 0 spiro atoms. The summed E-state index contributed by atoms with van der Waals surface area (Å²) in [6.45, 7) is 3.34. The smallest absolute Gasteiger partial charge is 0.227 e. The molecular weight excluding hydrogens is 304 g/mol. The molecule has 6 nitrogen and oxygen atoms in total. The maximum Gasteiger partial charge on any atom is 0.227 e. The lowest BCUT2D eigenvalue weighted by Crippen LogP contribution is -2.43. The van der Waals surface area contributed by atoms with Crippen molar-refractivity contribution in [2.24, 2.45) is 0 Å². The highest BCUT2D eigenvalue weighted by Gasteiger charge is 2.28. The van der Waals surface area contributed by atoms with E-state index in [1.165, 1.54) is 0 Å². The first kappa shape index (κ1) is 15.0. The number of aryl methyl sites for hydroxylation is 1. The SMILES string of the molecule is Cc1nc([C@@H]2CN(C(=O)Cc3ccccc3Cl)CCO2)n[nH]1. The molecule has 7 heteroatoms. The van der Waals surface area contributed by atoms with Gasteiger partial charge in [-0.05, 0) is 18.6 Å². The van der Waals surface area contributed by atoms with E-state index in [2.05, 4.69) is 15.2 Å². The minimum absolute atomic E-state index is 0.0358. The monoisotopic (exact) mass is 320 g/mol. The number of H-pyrrole nitrogens is 1. The minimum Gasteiger partial charge on any atom is -0.366 e. The summed E-state index contributed by atoms with van der Waals surface area (Å²) >= 11 is 6.11. The molecule has 1 N–H and O–H groups in total. The average molecular weight is 321 g/mol. The molecule has 0 saturated carbocycles. The van der Waals surface area contributed by atoms with Gasteiger partial charge in [0, 0.05) is 11.6 Å². The summed E-state index contributed by atoms with van der Waals surface area (Å²) in [7, 11) is 0. The first-order valence-corrected chi connectivity index (χ1v) is 7.53. The number of benzene rings is 1. The Labute approximate surface area is 133 Å². The lowest BCUT2D eigenvalue weighted by Gasteiger charge is -2.31. The fraction of sp³-hybridized carbons (Fsp3) is 0.400. The highest BCUT2D eigenvalue weighted by atomic mass is 35.5. The molecule has 3 rings (SSSR count). The fourth-order valence-corrected chi connectivity index (χ4v) is 2.66. The van der Waals surface area contributed by atoms with E-state index in [4.69, 9.17) is 16.3 Å². The highest BCUT2D eigenvalue weighted by molar-refractivity contribution is 6.31. The van der Waals surface area contributed by atoms with Gasteiger partial charge < -0.3 is 9.64 Å². The Bertz CT molecular complexity index is 673. The number of carbonyl (C=O) groups is 1. The predicted molar refractivity (Wildman–Crippen MR) is 81.5 cm³/mol. The van der Waals surface area contributed by atoms with E-state index in [0.717, 1.165) is 11.4 Å². The van der Waals surface area contributed by atoms with Gasteiger partial charge in [-0.1, -0.05) is 29.8 Å². The molecule has 1 saturated heterocycles. The van der Waals surface area contributed by atoms with Crippen molar-refractivity contribution in [2.75, 3.05) is 19.7 Å². The number of halogens is 1. The van der Waals surface area contributed by atoms with Crippen LogP contribution in [0.4, 0.5) is 0 Å². The van der Waals surface area contributed by atoms with Gasteiger partial charge in [0.2, 0.25) is 5.91 Å². The van der Waals surface area contributed by atoms with Crippen LogP contribution < -0.4 is 0 Å². The Morgan fingerprint density at radius 1 is 1.50 bits per heavy atom. The van der Waals surface area contributed by atoms with Gasteiger partial charge in [-0.15, -0.1) is 0 Å². The number of nitrogens with one attached hydrogen (secondary N) is 1. The third-order valence-corrected chi connectivity index (χ3v) is 3.99. The maximum atomic E-state index is 12.5. The van der Waals surface area contributed by atoms with Crippen molar-refractivity contribution in [1.29, 1.82) is 0 Å². The van der Waals surface area contributed by atoms with Gasteiger partial charge in [0.05, 0.1) is 19.6 Å². The summed E-state index contributed by atoms with van der Waals surface area (Å²) in [6, 6.07) is 7.40. The number of ether oxygens (including phenoxy) is 1. The summed E-state index contributed by atoms with van der Waals surface area (Å²) < 4.78 is 5.67. The predicted octanol–water partition coefficient (Wildman–Crippen LogP) is 1.91. The normalized spacial score (nSPS) is 18.5. The van der Waals surface area contributed by atoms with Crippen LogP contribution in [0.3, 0.4) is 0 Å². The van der Waals surface area contributed by atoms with Crippen molar-refractivity contribution in [3.05, 3.63) is 46.5 Å². The zero-order valence-corrected chi connectivity index (χ0v) is 13.0. The first-order chi connectivity index (χ1) is 10.6. The number of aromatic amines is 1. The van der Waals surface area contributed by atoms with Crippen LogP contribution in [0.2, 0.25) is 5.02 Å². The molecule has 0 unspecified atom stereocenters. The third-order valence-electron chi connectivity index (χ3n) is 3.62. The summed E-state index contributed by atoms with van der Waals surface area (Å²) in [6.07, 6.45) is 0.00766. The summed E-state index contributed by atoms with van der Waals surface area (Å²) in [5, 5.41) is 7.52. The molecule has 0 bridgehead atoms. The molecule has 2 aromatic rings. The molecule has 1 aromatic heterocycles. The number of carbonyl (C=O) groups excluding carboxylic acids is 1. The van der Waals surface area contributed by atoms with Crippen molar-refractivity contribution in [3.63, 3.8) is 0 Å². The lowest BCUT2D eigenvalue weighted by atomic mass is 10.1. The van der Waals surface area contributed by atoms with Crippen molar-refractivity contribution >= 4 is 17.5 Å². The second-order valence-electron chi connectivity index (χ2n) is 5.25. The lowest BCUT2D eigenvalue weighted by molar-refractivity contribution is -0.138. The van der Waals surface area contributed by atoms with Crippen molar-refractivity contribution in [1.82, 2.24) is 20.1 Å². The van der Waals surface area contributed by atoms with E-state index >= 15 is 0 Å². The van der Waals surface area contributed by atoms with E-state index in [1.807, 2.05) is 25.1 Å². The first-order valence-electron chi connectivity index (χ1n) is 7.15. The minimum atomic E-state index is -0.283. The molecular formula is C15H17ClN4O2. The quantitative estimate of drug-likeness (QED) is 0.937. The van der Waals surface area contributed by atoms with Gasteiger partial charge in [0.15, 0.2) is 5.82 Å². The molecule has 116 valence electrons. The summed E-state index contributed by atoms with van der Waals surface area (Å²) in [5.41, 5.74) is 0.839. The van der Waals surface area contributed by atoms with E-state index in [-0.39, 0.29) is 12.0 Å². The Morgan fingerprint density at radius 3 is 3.05 bits per heavy atom. The molecule has 1 aliphatic heterocycles. The highest BCUT2D eigenvalue weighted by Crippen LogP contribution is 2.21. The fourth-order valence-electron chi connectivity index (χ4n) is 2.45. The standard InChI is InChI=1S/C15H17ClN4O2/c1-10-17-15(19-18-10)13-9-20(6-7-22-13)14(21)8-11-4-2-3-5-12(11)16/h2-5,13H,6-9H2,1H3,(H,17,18,19)/t13-/m0/s1. The summed E-state index contributed by atoms with van der Waals surface area (Å²) in [5.74, 6) is 1.36. The van der Waals surface area contributed by atoms with E-state index in [0.29, 0.717) is 37.0 Å². The van der Waals surface area contributed by atoms with Crippen LogP contribution in [0.15, 0.2) is 24.3 Å². The second-order valence-corrected chi connectivity index (χ2v) is 5.65. The van der Waals surface area contributed by atoms with E-state index in [9.17, 15) is 4.79 Å². The number of morpholine rings is 1. The third kappa shape index (κ3) is 3.28. The van der Waals surface area contributed by atoms with Crippen LogP contribution in [0.25, 0.3) is 0 Å². The number of rotatable bonds is 3. The van der Waals surface area contributed by atoms with Crippen LogP contribution in [-0.4, -0.2) is 45.7 Å². The van der Waals surface area contributed by atoms with Gasteiger partial charge in [0.25, 0.3) is 0 Å². The van der Waals surface area contributed by atoms with Gasteiger partial charge in [-0.3, -0.25) is 9.89 Å². The number of hydrogen-bond donors (Lipinski definition) is 1. The second kappa shape index (κ2) is 6.46. The van der Waals surface area contributed by atoms with Crippen molar-refractivity contribution in [3.8, 4) is 0 Å². The molecule has 0 radical (unpaired) electrons. The average Bonchev–Trinajstić information content (AvgIpc) is 2.96. The maximum absolute atomic E-state index is 12.5. The molecule has 1 aromatic carbocycles. The van der Waals surface area contributed by atoms with Gasteiger partial charge in [-0.2, -0.15) is 5.10 Å². The molecule has 1 atom stereocenters. The zero-order valence-electron chi connectivity index (χ0n) is 12.3. The number of amides is 1. The van der Waals surface area contributed by atoms with Crippen molar-refractivity contribution < 1.29 is 9.53 Å². The number of aromatic nitrogens is 3. The molecule has 1 amide bonds. The molecule has 2 heterocycles. The molecule has 22 heavy (non-hydrogen) atoms. The largest absolute Gasteiger partial charge is 0.366 e. The molecule has 0 aliphatic carbocycles. The van der Waals surface area contributed by atoms with Crippen LogP contribution in [0.5, 0.6) is 0 Å². The van der Waals surface area contributed by atoms with Crippen LogP contribution in [0.1, 0.15) is 23.3 Å². The number of hydrogen-bond acceptors (Lipinski definition) is 4. The summed E-state index contributed by atoms with van der Waals surface area (Å²) in [4.78, 5) is 18.5. The van der Waals surface area contributed by atoms with Crippen LogP contribution in [-0.2, 0) is 16.0 Å². The van der Waals surface area contributed by atoms with Gasteiger partial charge >= 0.3 is 0 Å². The van der Waals surface area contributed by atoms with E-state index in [1.54, 1.807) is 11.0 Å². The topological polar surface area (TPSA) is 71.1 Å². The van der Waals surface area contributed by atoms with Gasteiger partial charge in [-0.25, -0.2) is 4.98 Å². The van der Waals surface area contributed by atoms with E-state index < -0.39 is 0 Å². The van der Waals surface area contributed by atoms with Crippen LogP contribution in [0, 0.1) is 6.92 Å². The van der Waals surface area contributed by atoms with Gasteiger partial charge in [0.1, 0.15) is 11.9 Å². The Kier molecular flexibility index (Phi) is 4.40. The van der Waals surface area contributed by atoms with Crippen LogP contribution >= 0.6 is 11.6 Å². The van der Waals surface area contributed by atoms with Crippen molar-refractivity contribution in [2.45, 2.75) is 19.4 Å². The Morgan fingerprint density at radius 2 is 2.32 bits per heavy atom. The number of nitrogens with zero attached hydrogens (tertiary/aromatic N) is 3. The zero-order chi connectivity index (χ0) is 15.5. The Balaban J connectivity index is 1.66.